The van der Waals surface area contributed by atoms with Gasteiger partial charge in [-0.1, -0.05) is 42.5 Å². The topological polar surface area (TPSA) is 41.6 Å². The second-order valence-corrected chi connectivity index (χ2v) is 6.18. The molecule has 26 heavy (non-hydrogen) atoms. The van der Waals surface area contributed by atoms with E-state index in [1.165, 1.54) is 0 Å². The van der Waals surface area contributed by atoms with Crippen molar-refractivity contribution in [1.29, 1.82) is 0 Å². The summed E-state index contributed by atoms with van der Waals surface area (Å²) < 4.78 is 31.0. The van der Waals surface area contributed by atoms with Crippen molar-refractivity contribution in [1.82, 2.24) is 5.32 Å². The Morgan fingerprint density at radius 1 is 1.12 bits per heavy atom. The van der Waals surface area contributed by atoms with Crippen LogP contribution in [0.15, 0.2) is 54.6 Å². The molecule has 3 rings (SSSR count). The normalized spacial score (nSPS) is 15.1. The van der Waals surface area contributed by atoms with E-state index in [0.717, 1.165) is 17.7 Å². The smallest absolute Gasteiger partial charge is 0.250 e. The number of ether oxygens (including phenoxy) is 1. The Hall–Kier alpha value is -2.47. The zero-order valence-electron chi connectivity index (χ0n) is 14.4. The fourth-order valence-electron chi connectivity index (χ4n) is 3.10. The summed E-state index contributed by atoms with van der Waals surface area (Å²) in [4.78, 5) is 14.7. The molecule has 138 valence electrons. The SMILES string of the molecule is O=C(CC(NCC(F)F)c1ccccc1)N1CCCOc2ccccc21. The molecule has 0 radical (unpaired) electrons. The predicted molar refractivity (Wildman–Crippen MR) is 96.7 cm³/mol. The third-order valence-corrected chi connectivity index (χ3v) is 4.34. The maximum Gasteiger partial charge on any atom is 0.250 e. The van der Waals surface area contributed by atoms with Gasteiger partial charge in [0.05, 0.1) is 18.8 Å². The van der Waals surface area contributed by atoms with Crippen molar-refractivity contribution in [2.45, 2.75) is 25.3 Å². The van der Waals surface area contributed by atoms with Crippen LogP contribution in [0.2, 0.25) is 0 Å². The van der Waals surface area contributed by atoms with Gasteiger partial charge in [0, 0.05) is 19.0 Å². The summed E-state index contributed by atoms with van der Waals surface area (Å²) >= 11 is 0. The number of nitrogens with zero attached hydrogens (tertiary/aromatic N) is 1. The molecule has 1 aliphatic heterocycles. The van der Waals surface area contributed by atoms with Crippen molar-refractivity contribution in [3.63, 3.8) is 0 Å². The number of carbonyl (C=O) groups excluding carboxylic acids is 1. The van der Waals surface area contributed by atoms with Gasteiger partial charge in [-0.25, -0.2) is 8.78 Å². The molecule has 0 fully saturated rings. The number of hydrogen-bond acceptors (Lipinski definition) is 3. The molecule has 0 spiro atoms. The van der Waals surface area contributed by atoms with Gasteiger partial charge < -0.3 is 15.0 Å². The second kappa shape index (κ2) is 8.76. The van der Waals surface area contributed by atoms with Crippen LogP contribution in [0.4, 0.5) is 14.5 Å². The van der Waals surface area contributed by atoms with Crippen molar-refractivity contribution >= 4 is 11.6 Å². The Kier molecular flexibility index (Phi) is 6.17. The lowest BCUT2D eigenvalue weighted by atomic mass is 10.0. The molecular weight excluding hydrogens is 338 g/mol. The van der Waals surface area contributed by atoms with Crippen molar-refractivity contribution < 1.29 is 18.3 Å². The fourth-order valence-corrected chi connectivity index (χ4v) is 3.10. The van der Waals surface area contributed by atoms with Gasteiger partial charge in [-0.3, -0.25) is 4.79 Å². The predicted octanol–water partition coefficient (Wildman–Crippen LogP) is 3.79. The molecule has 1 unspecified atom stereocenters. The summed E-state index contributed by atoms with van der Waals surface area (Å²) in [5, 5.41) is 2.82. The summed E-state index contributed by atoms with van der Waals surface area (Å²) in [7, 11) is 0. The number of benzene rings is 2. The van der Waals surface area contributed by atoms with Crippen LogP contribution in [-0.2, 0) is 4.79 Å². The summed E-state index contributed by atoms with van der Waals surface area (Å²) in [6.45, 7) is 0.644. The van der Waals surface area contributed by atoms with E-state index in [4.69, 9.17) is 4.74 Å². The second-order valence-electron chi connectivity index (χ2n) is 6.18. The molecular formula is C20H22F2N2O2. The number of anilines is 1. The van der Waals surface area contributed by atoms with Crippen LogP contribution in [0.1, 0.15) is 24.4 Å². The molecule has 6 heteroatoms. The van der Waals surface area contributed by atoms with Gasteiger partial charge in [0.2, 0.25) is 5.91 Å². The number of alkyl halides is 2. The van der Waals surface area contributed by atoms with Crippen LogP contribution in [-0.4, -0.2) is 32.0 Å². The van der Waals surface area contributed by atoms with E-state index < -0.39 is 19.0 Å². The Morgan fingerprint density at radius 3 is 2.62 bits per heavy atom. The van der Waals surface area contributed by atoms with Crippen molar-refractivity contribution in [2.24, 2.45) is 0 Å². The molecule has 2 aromatic rings. The van der Waals surface area contributed by atoms with E-state index >= 15 is 0 Å². The monoisotopic (exact) mass is 360 g/mol. The third-order valence-electron chi connectivity index (χ3n) is 4.34. The Balaban J connectivity index is 1.79. The largest absolute Gasteiger partial charge is 0.491 e. The maximum atomic E-state index is 13.0. The summed E-state index contributed by atoms with van der Waals surface area (Å²) in [5.74, 6) is 0.564. The van der Waals surface area contributed by atoms with Gasteiger partial charge in [-0.15, -0.1) is 0 Å². The fraction of sp³-hybridized carbons (Fsp3) is 0.350. The lowest BCUT2D eigenvalue weighted by Gasteiger charge is -2.25. The zero-order chi connectivity index (χ0) is 18.4. The van der Waals surface area contributed by atoms with E-state index in [1.54, 1.807) is 4.90 Å². The van der Waals surface area contributed by atoms with Crippen LogP contribution >= 0.6 is 0 Å². The van der Waals surface area contributed by atoms with Gasteiger partial charge in [-0.05, 0) is 24.1 Å². The van der Waals surface area contributed by atoms with E-state index in [0.29, 0.717) is 18.9 Å². The number of fused-ring (bicyclic) bond motifs is 1. The van der Waals surface area contributed by atoms with Crippen molar-refractivity contribution in [3.8, 4) is 5.75 Å². The van der Waals surface area contributed by atoms with E-state index in [-0.39, 0.29) is 12.3 Å². The number of rotatable bonds is 6. The molecule has 0 aliphatic carbocycles. The average Bonchev–Trinajstić information content (AvgIpc) is 2.88. The van der Waals surface area contributed by atoms with Crippen LogP contribution in [0.3, 0.4) is 0 Å². The highest BCUT2D eigenvalue weighted by molar-refractivity contribution is 5.95. The molecule has 2 aromatic carbocycles. The highest BCUT2D eigenvalue weighted by Gasteiger charge is 2.25. The van der Waals surface area contributed by atoms with Gasteiger partial charge in [0.1, 0.15) is 5.75 Å². The lowest BCUT2D eigenvalue weighted by Crippen LogP contribution is -2.36. The van der Waals surface area contributed by atoms with E-state index in [1.807, 2.05) is 54.6 Å². The van der Waals surface area contributed by atoms with Crippen molar-refractivity contribution in [2.75, 3.05) is 24.6 Å². The van der Waals surface area contributed by atoms with Crippen LogP contribution < -0.4 is 15.0 Å². The number of amides is 1. The first-order valence-corrected chi connectivity index (χ1v) is 8.74. The number of hydrogen-bond donors (Lipinski definition) is 1. The minimum Gasteiger partial charge on any atom is -0.491 e. The first kappa shape index (κ1) is 18.3. The van der Waals surface area contributed by atoms with E-state index in [2.05, 4.69) is 5.32 Å². The standard InChI is InChI=1S/C20H22F2N2O2/c21-19(22)14-23-16(15-7-2-1-3-8-15)13-20(25)24-11-6-12-26-18-10-5-4-9-17(18)24/h1-5,7-10,16,19,23H,6,11-14H2. The summed E-state index contributed by atoms with van der Waals surface area (Å²) in [6.07, 6.45) is -1.64. The molecule has 1 atom stereocenters. The van der Waals surface area contributed by atoms with Gasteiger partial charge in [0.15, 0.2) is 0 Å². The lowest BCUT2D eigenvalue weighted by molar-refractivity contribution is -0.119. The van der Waals surface area contributed by atoms with E-state index in [9.17, 15) is 13.6 Å². The van der Waals surface area contributed by atoms with Crippen LogP contribution in [0.25, 0.3) is 0 Å². The molecule has 0 bridgehead atoms. The minimum absolute atomic E-state index is 0.102. The number of para-hydroxylation sites is 2. The molecule has 0 saturated heterocycles. The molecule has 1 N–H and O–H groups in total. The highest BCUT2D eigenvalue weighted by atomic mass is 19.3. The maximum absolute atomic E-state index is 13.0. The van der Waals surface area contributed by atoms with Crippen LogP contribution in [0.5, 0.6) is 5.75 Å². The summed E-state index contributed by atoms with van der Waals surface area (Å²) in [5.41, 5.74) is 1.55. The Morgan fingerprint density at radius 2 is 1.85 bits per heavy atom. The molecule has 1 aliphatic rings. The highest BCUT2D eigenvalue weighted by Crippen LogP contribution is 2.32. The summed E-state index contributed by atoms with van der Waals surface area (Å²) in [6, 6.07) is 16.2. The molecule has 0 saturated carbocycles. The molecule has 1 heterocycles. The Bertz CT molecular complexity index is 725. The van der Waals surface area contributed by atoms with Crippen molar-refractivity contribution in [3.05, 3.63) is 60.2 Å². The van der Waals surface area contributed by atoms with Gasteiger partial charge in [0.25, 0.3) is 6.43 Å². The molecule has 1 amide bonds. The third kappa shape index (κ3) is 4.58. The van der Waals surface area contributed by atoms with Gasteiger partial charge in [-0.2, -0.15) is 0 Å². The zero-order valence-corrected chi connectivity index (χ0v) is 14.4. The first-order chi connectivity index (χ1) is 12.6. The minimum atomic E-state index is -2.47. The molecule has 0 aromatic heterocycles. The Labute approximate surface area is 151 Å². The van der Waals surface area contributed by atoms with Crippen LogP contribution in [0, 0.1) is 0 Å². The average molecular weight is 360 g/mol. The van der Waals surface area contributed by atoms with Gasteiger partial charge >= 0.3 is 0 Å². The molecule has 4 nitrogen and oxygen atoms in total. The first-order valence-electron chi connectivity index (χ1n) is 8.74. The number of halogens is 2. The number of nitrogens with one attached hydrogen (secondary N) is 1. The quantitative estimate of drug-likeness (QED) is 0.852. The number of carbonyl (C=O) groups is 1.